The number of thioether (sulfide) groups is 1. The molecule has 2 N–H and O–H groups in total. The van der Waals surface area contributed by atoms with Gasteiger partial charge in [-0.1, -0.05) is 11.8 Å². The first-order valence-electron chi connectivity index (χ1n) is 6.12. The highest BCUT2D eigenvalue weighted by molar-refractivity contribution is 8.15. The van der Waals surface area contributed by atoms with Gasteiger partial charge in [-0.05, 0) is 31.2 Å². The molecule has 0 saturated carbocycles. The molecule has 1 aromatic rings. The minimum atomic E-state index is -0.648. The number of amides is 3. The van der Waals surface area contributed by atoms with E-state index in [2.05, 4.69) is 10.6 Å². The van der Waals surface area contributed by atoms with Crippen molar-refractivity contribution >= 4 is 34.5 Å². The predicted molar refractivity (Wildman–Crippen MR) is 75.8 cm³/mol. The van der Waals surface area contributed by atoms with Crippen LogP contribution in [0.1, 0.15) is 13.3 Å². The third-order valence-electron chi connectivity index (χ3n) is 2.59. The maximum Gasteiger partial charge on any atom is 0.286 e. The van der Waals surface area contributed by atoms with Gasteiger partial charge in [0, 0.05) is 12.1 Å². The Bertz CT molecular complexity index is 530. The van der Waals surface area contributed by atoms with Crippen LogP contribution in [0.25, 0.3) is 0 Å². The topological polar surface area (TPSA) is 84.5 Å². The molecule has 7 heteroatoms. The van der Waals surface area contributed by atoms with Gasteiger partial charge in [0.1, 0.15) is 11.0 Å². The number of anilines is 1. The van der Waals surface area contributed by atoms with Crippen LogP contribution >= 0.6 is 11.8 Å². The van der Waals surface area contributed by atoms with Crippen molar-refractivity contribution in [2.24, 2.45) is 0 Å². The zero-order valence-electron chi connectivity index (χ0n) is 10.8. The average molecular weight is 294 g/mol. The van der Waals surface area contributed by atoms with Crippen LogP contribution in [-0.4, -0.2) is 28.9 Å². The van der Waals surface area contributed by atoms with Gasteiger partial charge in [-0.25, -0.2) is 0 Å². The van der Waals surface area contributed by atoms with Gasteiger partial charge in [-0.2, -0.15) is 0 Å². The van der Waals surface area contributed by atoms with E-state index in [0.29, 0.717) is 12.3 Å². The van der Waals surface area contributed by atoms with Crippen molar-refractivity contribution in [2.45, 2.75) is 18.6 Å². The lowest BCUT2D eigenvalue weighted by atomic mass is 10.2. The van der Waals surface area contributed by atoms with Crippen molar-refractivity contribution in [1.82, 2.24) is 5.32 Å². The summed E-state index contributed by atoms with van der Waals surface area (Å²) in [6, 6.07) is 6.94. The summed E-state index contributed by atoms with van der Waals surface area (Å²) in [5.74, 6) is 0.000163. The third kappa shape index (κ3) is 3.74. The number of hydrogen-bond acceptors (Lipinski definition) is 5. The molecule has 0 bridgehead atoms. The molecule has 0 radical (unpaired) electrons. The van der Waals surface area contributed by atoms with Crippen molar-refractivity contribution in [3.05, 3.63) is 24.3 Å². The molecular formula is C13H14N2O4S. The molecule has 1 aliphatic heterocycles. The lowest BCUT2D eigenvalue weighted by molar-refractivity contribution is -0.122. The number of carbonyl (C=O) groups is 3. The number of hydrogen-bond donors (Lipinski definition) is 2. The van der Waals surface area contributed by atoms with Crippen LogP contribution in [0.3, 0.4) is 0 Å². The van der Waals surface area contributed by atoms with Gasteiger partial charge in [-0.15, -0.1) is 0 Å². The molecule has 20 heavy (non-hydrogen) atoms. The molecule has 6 nitrogen and oxygen atoms in total. The summed E-state index contributed by atoms with van der Waals surface area (Å²) >= 11 is 0.841. The van der Waals surface area contributed by atoms with Gasteiger partial charge >= 0.3 is 0 Å². The highest BCUT2D eigenvalue weighted by atomic mass is 32.2. The molecule has 1 fully saturated rings. The number of ether oxygens (including phenoxy) is 1. The van der Waals surface area contributed by atoms with Gasteiger partial charge in [0.15, 0.2) is 0 Å². The highest BCUT2D eigenvalue weighted by Gasteiger charge is 2.33. The average Bonchev–Trinajstić information content (AvgIpc) is 2.70. The summed E-state index contributed by atoms with van der Waals surface area (Å²) in [5.41, 5.74) is 0.619. The van der Waals surface area contributed by atoms with E-state index in [1.165, 1.54) is 0 Å². The maximum absolute atomic E-state index is 11.8. The molecular weight excluding hydrogens is 280 g/mol. The first-order valence-corrected chi connectivity index (χ1v) is 7.00. The summed E-state index contributed by atoms with van der Waals surface area (Å²) in [7, 11) is 0. The Balaban J connectivity index is 1.88. The zero-order valence-corrected chi connectivity index (χ0v) is 11.7. The fraction of sp³-hybridized carbons (Fsp3) is 0.308. The van der Waals surface area contributed by atoms with Crippen molar-refractivity contribution in [3.8, 4) is 5.75 Å². The quantitative estimate of drug-likeness (QED) is 0.864. The second kappa shape index (κ2) is 6.42. The summed E-state index contributed by atoms with van der Waals surface area (Å²) in [6.07, 6.45) is -0.0323. The van der Waals surface area contributed by atoms with Crippen LogP contribution in [0.5, 0.6) is 5.75 Å². The molecule has 0 aromatic heterocycles. The fourth-order valence-corrected chi connectivity index (χ4v) is 2.53. The second-order valence-corrected chi connectivity index (χ2v) is 5.27. The van der Waals surface area contributed by atoms with Crippen LogP contribution in [0, 0.1) is 0 Å². The van der Waals surface area contributed by atoms with Crippen molar-refractivity contribution in [2.75, 3.05) is 11.9 Å². The van der Waals surface area contributed by atoms with E-state index in [9.17, 15) is 14.4 Å². The van der Waals surface area contributed by atoms with Gasteiger partial charge < -0.3 is 10.1 Å². The highest BCUT2D eigenvalue weighted by Crippen LogP contribution is 2.22. The number of rotatable bonds is 5. The normalized spacial score (nSPS) is 17.8. The number of imide groups is 1. The molecule has 1 aliphatic rings. The Morgan fingerprint density at radius 3 is 2.60 bits per heavy atom. The Morgan fingerprint density at radius 1 is 1.35 bits per heavy atom. The number of nitrogens with one attached hydrogen (secondary N) is 2. The molecule has 1 heterocycles. The Kier molecular flexibility index (Phi) is 4.62. The van der Waals surface area contributed by atoms with Crippen LogP contribution < -0.4 is 15.4 Å². The minimum Gasteiger partial charge on any atom is -0.494 e. The third-order valence-corrected chi connectivity index (χ3v) is 3.57. The predicted octanol–water partition coefficient (Wildman–Crippen LogP) is 1.77. The van der Waals surface area contributed by atoms with Crippen LogP contribution in [0.15, 0.2) is 24.3 Å². The number of carbonyl (C=O) groups excluding carboxylic acids is 3. The summed E-state index contributed by atoms with van der Waals surface area (Å²) < 4.78 is 5.29. The lowest BCUT2D eigenvalue weighted by Crippen LogP contribution is -2.27. The van der Waals surface area contributed by atoms with Crippen LogP contribution in [0.4, 0.5) is 10.5 Å². The SMILES string of the molecule is CCOc1ccc(NC(=O)C[C@H]2SC(=O)NC2=O)cc1. The van der Waals surface area contributed by atoms with E-state index >= 15 is 0 Å². The van der Waals surface area contributed by atoms with Crippen molar-refractivity contribution in [1.29, 1.82) is 0 Å². The lowest BCUT2D eigenvalue weighted by Gasteiger charge is -2.08. The van der Waals surface area contributed by atoms with E-state index in [1.807, 2.05) is 6.92 Å². The van der Waals surface area contributed by atoms with E-state index in [1.54, 1.807) is 24.3 Å². The summed E-state index contributed by atoms with van der Waals surface area (Å²) in [4.78, 5) is 34.1. The van der Waals surface area contributed by atoms with Gasteiger partial charge in [0.25, 0.3) is 5.24 Å². The standard InChI is InChI=1S/C13H14N2O4S/c1-2-19-9-5-3-8(4-6-9)14-11(16)7-10-12(17)15-13(18)20-10/h3-6,10H,2,7H2,1H3,(H,14,16)(H,15,17,18)/t10-/m1/s1. The Morgan fingerprint density at radius 2 is 2.05 bits per heavy atom. The first-order chi connectivity index (χ1) is 9.58. The van der Waals surface area contributed by atoms with E-state index in [4.69, 9.17) is 4.74 Å². The van der Waals surface area contributed by atoms with Crippen molar-refractivity contribution in [3.63, 3.8) is 0 Å². The Hall–Kier alpha value is -2.02. The second-order valence-electron chi connectivity index (χ2n) is 4.09. The zero-order chi connectivity index (χ0) is 14.5. The molecule has 0 spiro atoms. The van der Waals surface area contributed by atoms with E-state index < -0.39 is 16.4 Å². The fourth-order valence-electron chi connectivity index (χ4n) is 1.71. The van der Waals surface area contributed by atoms with E-state index in [-0.39, 0.29) is 12.3 Å². The molecule has 1 saturated heterocycles. The number of benzene rings is 1. The van der Waals surface area contributed by atoms with Gasteiger partial charge in [0.2, 0.25) is 11.8 Å². The largest absolute Gasteiger partial charge is 0.494 e. The molecule has 2 rings (SSSR count). The minimum absolute atomic E-state index is 0.0323. The van der Waals surface area contributed by atoms with Gasteiger partial charge in [-0.3, -0.25) is 19.7 Å². The summed E-state index contributed by atoms with van der Waals surface area (Å²) in [6.45, 7) is 2.47. The van der Waals surface area contributed by atoms with Crippen LogP contribution in [0.2, 0.25) is 0 Å². The smallest absolute Gasteiger partial charge is 0.286 e. The molecule has 0 aliphatic carbocycles. The molecule has 1 atom stereocenters. The van der Waals surface area contributed by atoms with E-state index in [0.717, 1.165) is 17.5 Å². The molecule has 3 amide bonds. The van der Waals surface area contributed by atoms with Crippen LogP contribution in [-0.2, 0) is 9.59 Å². The molecule has 0 unspecified atom stereocenters. The molecule has 106 valence electrons. The summed E-state index contributed by atoms with van der Waals surface area (Å²) in [5, 5.41) is 3.76. The first kappa shape index (κ1) is 14.4. The van der Waals surface area contributed by atoms with Gasteiger partial charge in [0.05, 0.1) is 6.61 Å². The Labute approximate surface area is 120 Å². The monoisotopic (exact) mass is 294 g/mol. The maximum atomic E-state index is 11.8. The molecule has 1 aromatic carbocycles. The van der Waals surface area contributed by atoms with Crippen molar-refractivity contribution < 1.29 is 19.1 Å².